The molecule has 0 aliphatic carbocycles. The van der Waals surface area contributed by atoms with Gasteiger partial charge in [0.2, 0.25) is 0 Å². The molecule has 0 saturated heterocycles. The first-order valence-electron chi connectivity index (χ1n) is 8.14. The number of hydrogen-bond acceptors (Lipinski definition) is 3. The van der Waals surface area contributed by atoms with Gasteiger partial charge < -0.3 is 9.30 Å². The van der Waals surface area contributed by atoms with Crippen LogP contribution in [0.25, 0.3) is 21.3 Å². The third kappa shape index (κ3) is 2.95. The molecule has 1 aromatic carbocycles. The number of nitrogens with zero attached hydrogens (tertiary/aromatic N) is 4. The minimum atomic E-state index is -0.330. The SMILES string of the molecule is CCCOC(=O)Cc1c2n(c3c(F)cccc13)CC(N=[N+]=[N-])CC2. The lowest BCUT2D eigenvalue weighted by atomic mass is 10.0. The van der Waals surface area contributed by atoms with E-state index < -0.39 is 0 Å². The summed E-state index contributed by atoms with van der Waals surface area (Å²) in [5.74, 6) is -0.628. The van der Waals surface area contributed by atoms with Crippen LogP contribution in [0.3, 0.4) is 0 Å². The Morgan fingerprint density at radius 3 is 3.12 bits per heavy atom. The Hall–Kier alpha value is -2.53. The first-order valence-corrected chi connectivity index (χ1v) is 8.14. The molecule has 3 rings (SSSR count). The van der Waals surface area contributed by atoms with Crippen molar-refractivity contribution >= 4 is 16.9 Å². The molecule has 0 radical (unpaired) electrons. The minimum absolute atomic E-state index is 0.133. The van der Waals surface area contributed by atoms with E-state index in [0.717, 1.165) is 23.1 Å². The Kier molecular flexibility index (Phi) is 4.71. The Labute approximate surface area is 138 Å². The summed E-state index contributed by atoms with van der Waals surface area (Å²) in [6.07, 6.45) is 2.24. The van der Waals surface area contributed by atoms with E-state index in [9.17, 15) is 9.18 Å². The van der Waals surface area contributed by atoms with Crippen LogP contribution in [0.5, 0.6) is 0 Å². The Morgan fingerprint density at radius 2 is 2.38 bits per heavy atom. The average molecular weight is 330 g/mol. The van der Waals surface area contributed by atoms with Gasteiger partial charge in [-0.3, -0.25) is 4.79 Å². The van der Waals surface area contributed by atoms with E-state index in [-0.39, 0.29) is 24.2 Å². The second kappa shape index (κ2) is 6.93. The summed E-state index contributed by atoms with van der Waals surface area (Å²) in [6.45, 7) is 2.76. The largest absolute Gasteiger partial charge is 0.465 e. The van der Waals surface area contributed by atoms with Gasteiger partial charge in [0.05, 0.1) is 24.6 Å². The summed E-state index contributed by atoms with van der Waals surface area (Å²) in [4.78, 5) is 14.9. The molecule has 1 unspecified atom stereocenters. The predicted octanol–water partition coefficient (Wildman–Crippen LogP) is 3.90. The first kappa shape index (κ1) is 16.3. The molecule has 1 aromatic heterocycles. The Morgan fingerprint density at radius 1 is 1.54 bits per heavy atom. The highest BCUT2D eigenvalue weighted by atomic mass is 19.1. The van der Waals surface area contributed by atoms with Crippen LogP contribution >= 0.6 is 0 Å². The van der Waals surface area contributed by atoms with Crippen molar-refractivity contribution in [3.63, 3.8) is 0 Å². The summed E-state index contributed by atoms with van der Waals surface area (Å²) >= 11 is 0. The number of aromatic nitrogens is 1. The number of benzene rings is 1. The first-order chi connectivity index (χ1) is 11.7. The quantitative estimate of drug-likeness (QED) is 0.360. The van der Waals surface area contributed by atoms with Crippen LogP contribution in [-0.2, 0) is 28.9 Å². The molecule has 7 heteroatoms. The molecule has 0 amide bonds. The number of ether oxygens (including phenoxy) is 1. The molecular formula is C17H19FN4O2. The van der Waals surface area contributed by atoms with Crippen molar-refractivity contribution in [2.75, 3.05) is 6.61 Å². The van der Waals surface area contributed by atoms with Crippen LogP contribution < -0.4 is 0 Å². The van der Waals surface area contributed by atoms with Crippen LogP contribution in [0.1, 0.15) is 31.0 Å². The van der Waals surface area contributed by atoms with Gasteiger partial charge in [-0.1, -0.05) is 24.2 Å². The van der Waals surface area contributed by atoms with Crippen molar-refractivity contribution in [2.24, 2.45) is 5.11 Å². The van der Waals surface area contributed by atoms with Gasteiger partial charge in [0.15, 0.2) is 0 Å². The summed E-state index contributed by atoms with van der Waals surface area (Å²) in [5, 5.41) is 4.51. The number of esters is 1. The number of carbonyl (C=O) groups is 1. The maximum atomic E-state index is 14.4. The standard InChI is InChI=1S/C17H19FN4O2/c1-2-8-24-16(23)9-13-12-4-3-5-14(18)17(12)22-10-11(20-21-19)6-7-15(13)22/h3-5,11H,2,6-10H2,1H3. The summed E-state index contributed by atoms with van der Waals surface area (Å²) in [5.41, 5.74) is 10.9. The highest BCUT2D eigenvalue weighted by Gasteiger charge is 2.27. The third-order valence-electron chi connectivity index (χ3n) is 4.37. The van der Waals surface area contributed by atoms with Crippen LogP contribution in [0.15, 0.2) is 23.3 Å². The smallest absolute Gasteiger partial charge is 0.310 e. The number of azide groups is 1. The lowest BCUT2D eigenvalue weighted by Crippen LogP contribution is -2.23. The zero-order valence-corrected chi connectivity index (χ0v) is 13.5. The Bertz CT molecular complexity index is 824. The van der Waals surface area contributed by atoms with Crippen molar-refractivity contribution in [1.29, 1.82) is 0 Å². The van der Waals surface area contributed by atoms with Crippen LogP contribution in [-0.4, -0.2) is 23.2 Å². The van der Waals surface area contributed by atoms with E-state index in [1.54, 1.807) is 6.07 Å². The number of rotatable bonds is 5. The molecule has 1 aliphatic rings. The fourth-order valence-electron chi connectivity index (χ4n) is 3.35. The third-order valence-corrected chi connectivity index (χ3v) is 4.37. The highest BCUT2D eigenvalue weighted by Crippen LogP contribution is 2.33. The molecule has 2 heterocycles. The van der Waals surface area contributed by atoms with E-state index >= 15 is 0 Å². The Balaban J connectivity index is 2.05. The van der Waals surface area contributed by atoms with Gasteiger partial charge in [-0.05, 0) is 36.4 Å². The zero-order chi connectivity index (χ0) is 17.1. The number of para-hydroxylation sites is 1. The lowest BCUT2D eigenvalue weighted by molar-refractivity contribution is -0.142. The van der Waals surface area contributed by atoms with E-state index in [0.29, 0.717) is 31.5 Å². The van der Waals surface area contributed by atoms with Crippen LogP contribution in [0.4, 0.5) is 4.39 Å². The highest BCUT2D eigenvalue weighted by molar-refractivity contribution is 5.90. The molecule has 24 heavy (non-hydrogen) atoms. The van der Waals surface area contributed by atoms with Gasteiger partial charge >= 0.3 is 5.97 Å². The second-order valence-electron chi connectivity index (χ2n) is 5.97. The van der Waals surface area contributed by atoms with Crippen molar-refractivity contribution in [1.82, 2.24) is 4.57 Å². The van der Waals surface area contributed by atoms with E-state index in [4.69, 9.17) is 10.3 Å². The van der Waals surface area contributed by atoms with Crippen LogP contribution in [0.2, 0.25) is 0 Å². The molecule has 0 bridgehead atoms. The molecule has 0 fully saturated rings. The van der Waals surface area contributed by atoms with Crippen molar-refractivity contribution in [3.05, 3.63) is 45.7 Å². The van der Waals surface area contributed by atoms with Crippen molar-refractivity contribution in [3.8, 4) is 0 Å². The minimum Gasteiger partial charge on any atom is -0.465 e. The fourth-order valence-corrected chi connectivity index (χ4v) is 3.35. The predicted molar refractivity (Wildman–Crippen MR) is 88.1 cm³/mol. The van der Waals surface area contributed by atoms with Gasteiger partial charge in [-0.25, -0.2) is 4.39 Å². The zero-order valence-electron chi connectivity index (χ0n) is 13.5. The van der Waals surface area contributed by atoms with Gasteiger partial charge in [0, 0.05) is 22.5 Å². The van der Waals surface area contributed by atoms with E-state index in [2.05, 4.69) is 10.0 Å². The molecular weight excluding hydrogens is 311 g/mol. The topological polar surface area (TPSA) is 80.0 Å². The van der Waals surface area contributed by atoms with Gasteiger partial charge in [0.25, 0.3) is 0 Å². The summed E-state index contributed by atoms with van der Waals surface area (Å²) in [7, 11) is 0. The fraction of sp³-hybridized carbons (Fsp3) is 0.471. The number of fused-ring (bicyclic) bond motifs is 3. The average Bonchev–Trinajstić information content (AvgIpc) is 2.88. The molecule has 0 N–H and O–H groups in total. The number of hydrogen-bond donors (Lipinski definition) is 0. The second-order valence-corrected chi connectivity index (χ2v) is 5.97. The molecule has 2 aromatic rings. The van der Waals surface area contributed by atoms with Crippen molar-refractivity contribution < 1.29 is 13.9 Å². The molecule has 0 saturated carbocycles. The lowest BCUT2D eigenvalue weighted by Gasteiger charge is -2.22. The number of halogens is 1. The van der Waals surface area contributed by atoms with Gasteiger partial charge in [-0.2, -0.15) is 0 Å². The molecule has 1 atom stereocenters. The van der Waals surface area contributed by atoms with Crippen molar-refractivity contribution in [2.45, 2.75) is 45.2 Å². The molecule has 0 spiro atoms. The van der Waals surface area contributed by atoms with Gasteiger partial charge in [0.1, 0.15) is 5.82 Å². The van der Waals surface area contributed by atoms with E-state index in [1.165, 1.54) is 6.07 Å². The molecule has 126 valence electrons. The maximum absolute atomic E-state index is 14.4. The van der Waals surface area contributed by atoms with Crippen LogP contribution in [0, 0.1) is 5.82 Å². The monoisotopic (exact) mass is 330 g/mol. The van der Waals surface area contributed by atoms with E-state index in [1.807, 2.05) is 17.6 Å². The molecule has 6 nitrogen and oxygen atoms in total. The maximum Gasteiger partial charge on any atom is 0.310 e. The number of carbonyl (C=O) groups excluding carboxylic acids is 1. The molecule has 1 aliphatic heterocycles. The summed E-state index contributed by atoms with van der Waals surface area (Å²) < 4.78 is 21.4. The summed E-state index contributed by atoms with van der Waals surface area (Å²) in [6, 6.07) is 4.69. The van der Waals surface area contributed by atoms with Gasteiger partial charge in [-0.15, -0.1) is 0 Å². The normalized spacial score (nSPS) is 16.5.